The molecule has 0 aliphatic carbocycles. The van der Waals surface area contributed by atoms with E-state index < -0.39 is 6.36 Å². The zero-order chi connectivity index (χ0) is 13.9. The summed E-state index contributed by atoms with van der Waals surface area (Å²) in [6.07, 6.45) is -3.42. The largest absolute Gasteiger partial charge is 0.573 e. The van der Waals surface area contributed by atoms with Crippen molar-refractivity contribution in [3.05, 3.63) is 36.7 Å². The van der Waals surface area contributed by atoms with Gasteiger partial charge in [0, 0.05) is 11.8 Å². The lowest BCUT2D eigenvalue weighted by molar-refractivity contribution is -0.274. The summed E-state index contributed by atoms with van der Waals surface area (Å²) in [7, 11) is 0. The van der Waals surface area contributed by atoms with Gasteiger partial charge in [0.15, 0.2) is 0 Å². The number of rotatable bonds is 3. The molecule has 0 bridgehead atoms. The molecule has 2 rings (SSSR count). The SMILES string of the molecule is Nc1cc(Nc2ccc(OC(F)(F)F)cc2)ncn1. The first-order chi connectivity index (χ1) is 8.92. The molecule has 3 N–H and O–H groups in total. The van der Waals surface area contributed by atoms with E-state index in [0.717, 1.165) is 0 Å². The van der Waals surface area contributed by atoms with E-state index in [1.807, 2.05) is 0 Å². The number of nitrogens with zero attached hydrogens (tertiary/aromatic N) is 2. The first-order valence-electron chi connectivity index (χ1n) is 5.13. The lowest BCUT2D eigenvalue weighted by Gasteiger charge is -2.10. The third-order valence-corrected chi connectivity index (χ3v) is 2.05. The van der Waals surface area contributed by atoms with Crippen LogP contribution in [0.1, 0.15) is 0 Å². The lowest BCUT2D eigenvalue weighted by Crippen LogP contribution is -2.16. The van der Waals surface area contributed by atoms with Gasteiger partial charge in [-0.1, -0.05) is 0 Å². The second kappa shape index (κ2) is 5.01. The van der Waals surface area contributed by atoms with Crippen molar-refractivity contribution in [2.75, 3.05) is 11.1 Å². The Hall–Kier alpha value is -2.51. The average Bonchev–Trinajstić information content (AvgIpc) is 2.30. The molecule has 0 saturated carbocycles. The van der Waals surface area contributed by atoms with Crippen LogP contribution in [0.2, 0.25) is 0 Å². The van der Waals surface area contributed by atoms with Crippen LogP contribution in [-0.4, -0.2) is 16.3 Å². The summed E-state index contributed by atoms with van der Waals surface area (Å²) in [5, 5.41) is 2.87. The number of hydrogen-bond donors (Lipinski definition) is 2. The number of aromatic nitrogens is 2. The highest BCUT2D eigenvalue weighted by atomic mass is 19.4. The highest BCUT2D eigenvalue weighted by Crippen LogP contribution is 2.24. The lowest BCUT2D eigenvalue weighted by atomic mass is 10.3. The van der Waals surface area contributed by atoms with Crippen molar-refractivity contribution in [1.82, 2.24) is 9.97 Å². The van der Waals surface area contributed by atoms with Gasteiger partial charge in [-0.05, 0) is 24.3 Å². The van der Waals surface area contributed by atoms with E-state index >= 15 is 0 Å². The first kappa shape index (κ1) is 12.9. The molecule has 0 aliphatic heterocycles. The Labute approximate surface area is 106 Å². The topological polar surface area (TPSA) is 73.1 Å². The molecule has 0 aliphatic rings. The van der Waals surface area contributed by atoms with Gasteiger partial charge in [-0.15, -0.1) is 13.2 Å². The molecule has 1 heterocycles. The molecule has 1 aromatic carbocycles. The predicted octanol–water partition coefficient (Wildman–Crippen LogP) is 2.70. The maximum atomic E-state index is 12.0. The number of hydrogen-bond acceptors (Lipinski definition) is 5. The maximum absolute atomic E-state index is 12.0. The number of nitrogen functional groups attached to an aromatic ring is 1. The summed E-state index contributed by atoms with van der Waals surface area (Å²) in [5.74, 6) is 0.437. The van der Waals surface area contributed by atoms with Crippen molar-refractivity contribution in [2.45, 2.75) is 6.36 Å². The minimum absolute atomic E-state index is 0.287. The molecule has 0 fully saturated rings. The summed E-state index contributed by atoms with van der Waals surface area (Å²) in [4.78, 5) is 7.62. The van der Waals surface area contributed by atoms with E-state index in [0.29, 0.717) is 11.5 Å². The minimum Gasteiger partial charge on any atom is -0.406 e. The monoisotopic (exact) mass is 270 g/mol. The molecule has 0 atom stereocenters. The third kappa shape index (κ3) is 4.02. The number of benzene rings is 1. The van der Waals surface area contributed by atoms with E-state index in [9.17, 15) is 13.2 Å². The number of ether oxygens (including phenoxy) is 1. The molecular weight excluding hydrogens is 261 g/mol. The van der Waals surface area contributed by atoms with Crippen molar-refractivity contribution in [1.29, 1.82) is 0 Å². The maximum Gasteiger partial charge on any atom is 0.573 e. The Morgan fingerprint density at radius 3 is 2.37 bits per heavy atom. The zero-order valence-electron chi connectivity index (χ0n) is 9.48. The van der Waals surface area contributed by atoms with Gasteiger partial charge >= 0.3 is 6.36 Å². The summed E-state index contributed by atoms with van der Waals surface area (Å²) in [6, 6.07) is 6.75. The van der Waals surface area contributed by atoms with Crippen molar-refractivity contribution < 1.29 is 17.9 Å². The number of alkyl halides is 3. The van der Waals surface area contributed by atoms with Crippen molar-refractivity contribution >= 4 is 17.3 Å². The van der Waals surface area contributed by atoms with E-state index in [-0.39, 0.29) is 11.6 Å². The Morgan fingerprint density at radius 2 is 1.79 bits per heavy atom. The normalized spacial score (nSPS) is 11.1. The predicted molar refractivity (Wildman–Crippen MR) is 62.9 cm³/mol. The van der Waals surface area contributed by atoms with Crippen LogP contribution in [0.5, 0.6) is 5.75 Å². The Bertz CT molecular complexity index is 557. The van der Waals surface area contributed by atoms with Gasteiger partial charge in [-0.25, -0.2) is 9.97 Å². The first-order valence-corrected chi connectivity index (χ1v) is 5.13. The van der Waals surface area contributed by atoms with Gasteiger partial charge in [-0.2, -0.15) is 0 Å². The molecule has 0 spiro atoms. The van der Waals surface area contributed by atoms with Crippen LogP contribution in [0.25, 0.3) is 0 Å². The molecule has 0 amide bonds. The fourth-order valence-electron chi connectivity index (χ4n) is 1.33. The molecule has 0 unspecified atom stereocenters. The summed E-state index contributed by atoms with van der Waals surface area (Å²) < 4.78 is 39.6. The van der Waals surface area contributed by atoms with E-state index in [4.69, 9.17) is 5.73 Å². The number of nitrogens with one attached hydrogen (secondary N) is 1. The smallest absolute Gasteiger partial charge is 0.406 e. The Kier molecular flexibility index (Phi) is 3.41. The molecule has 1 aromatic heterocycles. The fourth-order valence-corrected chi connectivity index (χ4v) is 1.33. The summed E-state index contributed by atoms with van der Waals surface area (Å²) in [6.45, 7) is 0. The second-order valence-corrected chi connectivity index (χ2v) is 3.53. The van der Waals surface area contributed by atoms with Crippen LogP contribution < -0.4 is 15.8 Å². The minimum atomic E-state index is -4.70. The molecule has 8 heteroatoms. The second-order valence-electron chi connectivity index (χ2n) is 3.53. The van der Waals surface area contributed by atoms with Crippen molar-refractivity contribution in [3.8, 4) is 5.75 Å². The average molecular weight is 270 g/mol. The van der Waals surface area contributed by atoms with Gasteiger partial charge in [0.2, 0.25) is 0 Å². The fraction of sp³-hybridized carbons (Fsp3) is 0.0909. The van der Waals surface area contributed by atoms with E-state index in [2.05, 4.69) is 20.0 Å². The molecular formula is C11H9F3N4O. The highest BCUT2D eigenvalue weighted by Gasteiger charge is 2.30. The van der Waals surface area contributed by atoms with Crippen LogP contribution in [-0.2, 0) is 0 Å². The van der Waals surface area contributed by atoms with Crippen LogP contribution >= 0.6 is 0 Å². The van der Waals surface area contributed by atoms with Gasteiger partial charge in [0.05, 0.1) is 0 Å². The molecule has 100 valence electrons. The summed E-state index contributed by atoms with van der Waals surface area (Å²) >= 11 is 0. The molecule has 19 heavy (non-hydrogen) atoms. The zero-order valence-corrected chi connectivity index (χ0v) is 9.48. The number of anilines is 3. The van der Waals surface area contributed by atoms with Gasteiger partial charge in [0.25, 0.3) is 0 Å². The van der Waals surface area contributed by atoms with Crippen LogP contribution in [0.3, 0.4) is 0 Å². The molecule has 5 nitrogen and oxygen atoms in total. The summed E-state index contributed by atoms with van der Waals surface area (Å²) in [5.41, 5.74) is 6.02. The van der Waals surface area contributed by atoms with Crippen molar-refractivity contribution in [3.63, 3.8) is 0 Å². The molecule has 0 saturated heterocycles. The Morgan fingerprint density at radius 1 is 1.11 bits per heavy atom. The number of nitrogens with two attached hydrogens (primary N) is 1. The number of halogens is 3. The molecule has 2 aromatic rings. The van der Waals surface area contributed by atoms with E-state index in [1.54, 1.807) is 0 Å². The van der Waals surface area contributed by atoms with E-state index in [1.165, 1.54) is 36.7 Å². The molecule has 0 radical (unpaired) electrons. The quantitative estimate of drug-likeness (QED) is 0.897. The third-order valence-electron chi connectivity index (χ3n) is 2.05. The Balaban J connectivity index is 2.07. The van der Waals surface area contributed by atoms with Crippen molar-refractivity contribution in [2.24, 2.45) is 0 Å². The van der Waals surface area contributed by atoms with Gasteiger partial charge in [-0.3, -0.25) is 0 Å². The highest BCUT2D eigenvalue weighted by molar-refractivity contribution is 5.58. The van der Waals surface area contributed by atoms with Crippen LogP contribution in [0.15, 0.2) is 36.7 Å². The van der Waals surface area contributed by atoms with Gasteiger partial charge in [0.1, 0.15) is 23.7 Å². The van der Waals surface area contributed by atoms with Gasteiger partial charge < -0.3 is 15.8 Å². The van der Waals surface area contributed by atoms with Crippen LogP contribution in [0, 0.1) is 0 Å². The van der Waals surface area contributed by atoms with Crippen LogP contribution in [0.4, 0.5) is 30.5 Å². The standard InChI is InChI=1S/C11H9F3N4O/c12-11(13,14)19-8-3-1-7(2-4-8)18-10-5-9(15)16-6-17-10/h1-6H,(H3,15,16,17,18).